The van der Waals surface area contributed by atoms with Crippen LogP contribution >= 0.6 is 11.3 Å². The Morgan fingerprint density at radius 1 is 1.58 bits per heavy atom. The van der Waals surface area contributed by atoms with E-state index >= 15 is 0 Å². The quantitative estimate of drug-likeness (QED) is 0.830. The summed E-state index contributed by atoms with van der Waals surface area (Å²) in [6, 6.07) is 4.95. The molecular formula is C15H26N2OS. The van der Waals surface area contributed by atoms with Crippen LogP contribution in [0.2, 0.25) is 0 Å². The molecule has 1 aromatic heterocycles. The Morgan fingerprint density at radius 2 is 2.42 bits per heavy atom. The van der Waals surface area contributed by atoms with Gasteiger partial charge in [-0.05, 0) is 45.3 Å². The summed E-state index contributed by atoms with van der Waals surface area (Å²) >= 11 is 1.86. The molecule has 108 valence electrons. The van der Waals surface area contributed by atoms with Crippen molar-refractivity contribution in [3.05, 3.63) is 22.4 Å². The zero-order valence-corrected chi connectivity index (χ0v) is 13.1. The summed E-state index contributed by atoms with van der Waals surface area (Å²) in [5.74, 6) is 0. The summed E-state index contributed by atoms with van der Waals surface area (Å²) in [6.07, 6.45) is 2.31. The standard InChI is InChI=1S/C15H26N2OS/c1-13(9-14-5-4-8-19-14)17(3)11-15(10-16-2)6-7-18-12-15/h4-5,8,13,16H,6-7,9-12H2,1-3H3. The number of hydrogen-bond acceptors (Lipinski definition) is 4. The monoisotopic (exact) mass is 282 g/mol. The molecule has 1 aromatic rings. The third-order valence-electron chi connectivity index (χ3n) is 4.15. The summed E-state index contributed by atoms with van der Waals surface area (Å²) in [5, 5.41) is 5.50. The van der Waals surface area contributed by atoms with Crippen LogP contribution in [0.15, 0.2) is 17.5 Å². The molecule has 1 N–H and O–H groups in total. The molecule has 4 heteroatoms. The van der Waals surface area contributed by atoms with Gasteiger partial charge < -0.3 is 15.0 Å². The number of nitrogens with one attached hydrogen (secondary N) is 1. The number of likely N-dealkylation sites (N-methyl/N-ethyl adjacent to an activating group) is 1. The average molecular weight is 282 g/mol. The largest absolute Gasteiger partial charge is 0.381 e. The first kappa shape index (κ1) is 15.0. The van der Waals surface area contributed by atoms with E-state index in [-0.39, 0.29) is 0 Å². The van der Waals surface area contributed by atoms with Gasteiger partial charge in [0, 0.05) is 36.0 Å². The van der Waals surface area contributed by atoms with Crippen molar-refractivity contribution in [3.63, 3.8) is 0 Å². The van der Waals surface area contributed by atoms with Gasteiger partial charge in [0.2, 0.25) is 0 Å². The number of thiophene rings is 1. The van der Waals surface area contributed by atoms with E-state index in [4.69, 9.17) is 4.74 Å². The molecular weight excluding hydrogens is 256 g/mol. The fourth-order valence-electron chi connectivity index (χ4n) is 2.91. The molecule has 2 heterocycles. The Hall–Kier alpha value is -0.420. The van der Waals surface area contributed by atoms with E-state index in [2.05, 4.69) is 41.7 Å². The molecule has 0 radical (unpaired) electrons. The van der Waals surface area contributed by atoms with Crippen molar-refractivity contribution in [2.24, 2.45) is 5.41 Å². The first-order valence-corrected chi connectivity index (χ1v) is 7.98. The first-order chi connectivity index (χ1) is 9.15. The average Bonchev–Trinajstić information content (AvgIpc) is 3.01. The van der Waals surface area contributed by atoms with Gasteiger partial charge in [0.25, 0.3) is 0 Å². The summed E-state index contributed by atoms with van der Waals surface area (Å²) in [6.45, 7) is 6.28. The molecule has 1 aliphatic rings. The maximum Gasteiger partial charge on any atom is 0.0547 e. The second-order valence-electron chi connectivity index (χ2n) is 5.88. The molecule has 0 saturated carbocycles. The summed E-state index contributed by atoms with van der Waals surface area (Å²) in [4.78, 5) is 3.97. The van der Waals surface area contributed by atoms with Crippen molar-refractivity contribution in [1.82, 2.24) is 10.2 Å². The predicted molar refractivity (Wildman–Crippen MR) is 81.9 cm³/mol. The zero-order valence-electron chi connectivity index (χ0n) is 12.3. The summed E-state index contributed by atoms with van der Waals surface area (Å²) in [7, 11) is 4.28. The van der Waals surface area contributed by atoms with Crippen molar-refractivity contribution in [2.75, 3.05) is 40.4 Å². The Bertz CT molecular complexity index is 360. The van der Waals surface area contributed by atoms with Gasteiger partial charge in [0.05, 0.1) is 6.61 Å². The van der Waals surface area contributed by atoms with Gasteiger partial charge in [0.1, 0.15) is 0 Å². The van der Waals surface area contributed by atoms with E-state index < -0.39 is 0 Å². The third kappa shape index (κ3) is 4.02. The lowest BCUT2D eigenvalue weighted by Crippen LogP contribution is -2.45. The molecule has 1 fully saturated rings. The smallest absolute Gasteiger partial charge is 0.0547 e. The van der Waals surface area contributed by atoms with E-state index in [1.165, 1.54) is 11.3 Å². The molecule has 2 unspecified atom stereocenters. The molecule has 19 heavy (non-hydrogen) atoms. The van der Waals surface area contributed by atoms with Crippen LogP contribution in [-0.2, 0) is 11.2 Å². The Balaban J connectivity index is 1.89. The van der Waals surface area contributed by atoms with Crippen LogP contribution in [0, 0.1) is 5.41 Å². The fraction of sp³-hybridized carbons (Fsp3) is 0.733. The van der Waals surface area contributed by atoms with Crippen LogP contribution < -0.4 is 5.32 Å². The minimum atomic E-state index is 0.299. The van der Waals surface area contributed by atoms with Crippen molar-refractivity contribution in [3.8, 4) is 0 Å². The van der Waals surface area contributed by atoms with Gasteiger partial charge in [-0.3, -0.25) is 0 Å². The van der Waals surface area contributed by atoms with Crippen molar-refractivity contribution < 1.29 is 4.74 Å². The van der Waals surface area contributed by atoms with Gasteiger partial charge in [-0.15, -0.1) is 11.3 Å². The Labute approximate surface area is 121 Å². The molecule has 2 rings (SSSR count). The van der Waals surface area contributed by atoms with Gasteiger partial charge in [-0.25, -0.2) is 0 Å². The minimum Gasteiger partial charge on any atom is -0.381 e. The highest BCUT2D eigenvalue weighted by molar-refractivity contribution is 7.09. The third-order valence-corrected chi connectivity index (χ3v) is 5.05. The number of nitrogens with zero attached hydrogens (tertiary/aromatic N) is 1. The van der Waals surface area contributed by atoms with E-state index in [1.54, 1.807) is 0 Å². The molecule has 0 aliphatic carbocycles. The molecule has 0 amide bonds. The molecule has 3 nitrogen and oxygen atoms in total. The highest BCUT2D eigenvalue weighted by Gasteiger charge is 2.36. The molecule has 0 aromatic carbocycles. The predicted octanol–water partition coefficient (Wildman–Crippen LogP) is 2.24. The van der Waals surface area contributed by atoms with Crippen LogP contribution in [0.3, 0.4) is 0 Å². The van der Waals surface area contributed by atoms with Crippen LogP contribution in [0.4, 0.5) is 0 Å². The minimum absolute atomic E-state index is 0.299. The number of hydrogen-bond donors (Lipinski definition) is 1. The topological polar surface area (TPSA) is 24.5 Å². The molecule has 1 saturated heterocycles. The van der Waals surface area contributed by atoms with E-state index in [1.807, 2.05) is 18.4 Å². The van der Waals surface area contributed by atoms with Crippen molar-refractivity contribution in [2.45, 2.75) is 25.8 Å². The molecule has 1 aliphatic heterocycles. The van der Waals surface area contributed by atoms with Gasteiger partial charge in [-0.1, -0.05) is 6.07 Å². The van der Waals surface area contributed by atoms with Crippen molar-refractivity contribution in [1.29, 1.82) is 0 Å². The lowest BCUT2D eigenvalue weighted by molar-refractivity contribution is 0.106. The van der Waals surface area contributed by atoms with E-state index in [0.29, 0.717) is 11.5 Å². The maximum atomic E-state index is 5.63. The molecule has 2 atom stereocenters. The number of ether oxygens (including phenoxy) is 1. The lowest BCUT2D eigenvalue weighted by Gasteiger charge is -2.35. The summed E-state index contributed by atoms with van der Waals surface area (Å²) < 4.78 is 5.63. The highest BCUT2D eigenvalue weighted by atomic mass is 32.1. The highest BCUT2D eigenvalue weighted by Crippen LogP contribution is 2.29. The van der Waals surface area contributed by atoms with Crippen molar-refractivity contribution >= 4 is 11.3 Å². The first-order valence-electron chi connectivity index (χ1n) is 7.10. The Kier molecular flexibility index (Phi) is 5.39. The van der Waals surface area contributed by atoms with E-state index in [9.17, 15) is 0 Å². The normalized spacial score (nSPS) is 25.1. The second kappa shape index (κ2) is 6.84. The molecule has 0 bridgehead atoms. The maximum absolute atomic E-state index is 5.63. The van der Waals surface area contributed by atoms with Crippen LogP contribution in [-0.4, -0.2) is 51.3 Å². The van der Waals surface area contributed by atoms with Crippen LogP contribution in [0.25, 0.3) is 0 Å². The summed E-state index contributed by atoms with van der Waals surface area (Å²) in [5.41, 5.74) is 0.299. The van der Waals surface area contributed by atoms with Crippen LogP contribution in [0.5, 0.6) is 0 Å². The number of rotatable bonds is 7. The lowest BCUT2D eigenvalue weighted by atomic mass is 9.86. The second-order valence-corrected chi connectivity index (χ2v) is 6.91. The van der Waals surface area contributed by atoms with Crippen LogP contribution in [0.1, 0.15) is 18.2 Å². The van der Waals surface area contributed by atoms with Gasteiger partial charge in [-0.2, -0.15) is 0 Å². The SMILES string of the molecule is CNCC1(CN(C)C(C)Cc2cccs2)CCOC1. The fourth-order valence-corrected chi connectivity index (χ4v) is 3.73. The molecule has 0 spiro atoms. The zero-order chi connectivity index (χ0) is 13.7. The van der Waals surface area contributed by atoms with Gasteiger partial charge >= 0.3 is 0 Å². The van der Waals surface area contributed by atoms with E-state index in [0.717, 1.165) is 32.7 Å². The van der Waals surface area contributed by atoms with Gasteiger partial charge in [0.15, 0.2) is 0 Å². The Morgan fingerprint density at radius 3 is 3.00 bits per heavy atom.